The largest absolute Gasteiger partial charge is 0.428 e. The molecule has 1 aromatic heterocycles. The summed E-state index contributed by atoms with van der Waals surface area (Å²) in [7, 11) is 0. The Bertz CT molecular complexity index is 231. The summed E-state index contributed by atoms with van der Waals surface area (Å²) in [4.78, 5) is 3.66. The molecule has 1 rings (SSSR count). The first-order valence-corrected chi connectivity index (χ1v) is 2.43. The number of aromatic nitrogens is 2. The highest BCUT2D eigenvalue weighted by atomic mass is 32.1. The zero-order valence-electron chi connectivity index (χ0n) is 3.98. The van der Waals surface area contributed by atoms with E-state index in [0.29, 0.717) is 4.64 Å². The van der Waals surface area contributed by atoms with Crippen LogP contribution in [0.2, 0.25) is 0 Å². The molecule has 0 aliphatic heterocycles. The van der Waals surface area contributed by atoms with Gasteiger partial charge in [0.25, 0.3) is 0 Å². The second kappa shape index (κ2) is 1.92. The summed E-state index contributed by atoms with van der Waals surface area (Å²) in [5.41, 5.74) is 0. The Morgan fingerprint density at radius 3 is 2.88 bits per heavy atom. The topological polar surface area (TPSA) is 38.0 Å². The van der Waals surface area contributed by atoms with Crippen LogP contribution in [0.5, 0.6) is 0 Å². The third-order valence-electron chi connectivity index (χ3n) is 0.705. The monoisotopic (exact) mass is 128 g/mol. The van der Waals surface area contributed by atoms with Crippen molar-refractivity contribution in [3.8, 4) is 0 Å². The van der Waals surface area contributed by atoms with Crippen LogP contribution < -0.4 is 0 Å². The summed E-state index contributed by atoms with van der Waals surface area (Å²) >= 11 is 4.60. The van der Waals surface area contributed by atoms with Gasteiger partial charge in [-0.3, -0.25) is 4.98 Å². The normalized spacial score (nSPS) is 9.00. The molecule has 8 heavy (non-hydrogen) atoms. The first-order valence-electron chi connectivity index (χ1n) is 2.02. The van der Waals surface area contributed by atoms with Gasteiger partial charge in [-0.15, -0.1) is 0 Å². The highest BCUT2D eigenvalue weighted by Gasteiger charge is 1.79. The van der Waals surface area contributed by atoms with E-state index < -0.39 is 0 Å². The Morgan fingerprint density at radius 2 is 2.50 bits per heavy atom. The number of nitrogens with zero attached hydrogens (tertiary/aromatic N) is 2. The molecule has 1 aromatic rings. The third-order valence-corrected chi connectivity index (χ3v) is 0.997. The molecule has 0 saturated carbocycles. The van der Waals surface area contributed by atoms with Crippen LogP contribution in [0, 0.1) is 4.64 Å². The minimum absolute atomic E-state index is 0.313. The molecule has 0 aromatic carbocycles. The molecule has 42 valence electrons. The zero-order chi connectivity index (χ0) is 5.98. The molecule has 0 amide bonds. The van der Waals surface area contributed by atoms with E-state index in [0.717, 1.165) is 4.73 Å². The van der Waals surface area contributed by atoms with Gasteiger partial charge in [0.05, 0.1) is 12.4 Å². The van der Waals surface area contributed by atoms with Gasteiger partial charge in [-0.2, -0.15) is 4.73 Å². The van der Waals surface area contributed by atoms with Crippen LogP contribution >= 0.6 is 12.2 Å². The average molecular weight is 128 g/mol. The fraction of sp³-hybridized carbons (Fsp3) is 0. The van der Waals surface area contributed by atoms with Crippen molar-refractivity contribution in [1.29, 1.82) is 0 Å². The van der Waals surface area contributed by atoms with E-state index in [-0.39, 0.29) is 0 Å². The smallest absolute Gasteiger partial charge is 0.160 e. The van der Waals surface area contributed by atoms with Crippen molar-refractivity contribution in [3.63, 3.8) is 0 Å². The Labute approximate surface area is 51.2 Å². The minimum atomic E-state index is 0.313. The molecule has 0 aliphatic carbocycles. The Kier molecular flexibility index (Phi) is 1.26. The first kappa shape index (κ1) is 5.24. The lowest BCUT2D eigenvalue weighted by Crippen LogP contribution is -1.91. The summed E-state index contributed by atoms with van der Waals surface area (Å²) < 4.78 is 1.15. The van der Waals surface area contributed by atoms with Crippen molar-refractivity contribution in [2.75, 3.05) is 0 Å². The highest BCUT2D eigenvalue weighted by molar-refractivity contribution is 7.71. The molecule has 0 unspecified atom stereocenters. The maximum absolute atomic E-state index is 8.69. The van der Waals surface area contributed by atoms with E-state index >= 15 is 0 Å². The highest BCUT2D eigenvalue weighted by Crippen LogP contribution is 1.82. The van der Waals surface area contributed by atoms with Crippen molar-refractivity contribution in [3.05, 3.63) is 23.2 Å². The van der Waals surface area contributed by atoms with Crippen LogP contribution in [0.4, 0.5) is 0 Å². The van der Waals surface area contributed by atoms with Gasteiger partial charge in [-0.25, -0.2) is 0 Å². The molecule has 3 nitrogen and oxygen atoms in total. The summed E-state index contributed by atoms with van der Waals surface area (Å²) in [6, 6.07) is 0. The second-order valence-electron chi connectivity index (χ2n) is 1.26. The van der Waals surface area contributed by atoms with E-state index in [4.69, 9.17) is 5.21 Å². The van der Waals surface area contributed by atoms with E-state index in [9.17, 15) is 0 Å². The lowest BCUT2D eigenvalue weighted by molar-refractivity contribution is 0.179. The second-order valence-corrected chi connectivity index (χ2v) is 1.68. The van der Waals surface area contributed by atoms with Gasteiger partial charge in [0.15, 0.2) is 4.64 Å². The molecule has 0 saturated heterocycles. The third kappa shape index (κ3) is 0.840. The molecule has 1 N–H and O–H groups in total. The molecule has 0 aliphatic rings. The maximum atomic E-state index is 8.69. The number of rotatable bonds is 0. The predicted molar refractivity (Wildman–Crippen MR) is 30.2 cm³/mol. The van der Waals surface area contributed by atoms with Gasteiger partial charge in [0.1, 0.15) is 0 Å². The van der Waals surface area contributed by atoms with E-state index in [1.54, 1.807) is 0 Å². The van der Waals surface area contributed by atoms with Crippen LogP contribution in [0.25, 0.3) is 0 Å². The van der Waals surface area contributed by atoms with Crippen molar-refractivity contribution < 1.29 is 5.21 Å². The quantitative estimate of drug-likeness (QED) is 0.416. The molecule has 0 atom stereocenters. The summed E-state index contributed by atoms with van der Waals surface area (Å²) in [5, 5.41) is 8.69. The van der Waals surface area contributed by atoms with E-state index in [1.807, 2.05) is 0 Å². The molecular formula is C4H4N2OS. The van der Waals surface area contributed by atoms with Gasteiger partial charge < -0.3 is 5.21 Å². The Balaban J connectivity index is 3.35. The van der Waals surface area contributed by atoms with E-state index in [1.165, 1.54) is 18.6 Å². The van der Waals surface area contributed by atoms with Crippen LogP contribution in [0.15, 0.2) is 18.6 Å². The molecule has 0 radical (unpaired) electrons. The van der Waals surface area contributed by atoms with Crippen molar-refractivity contribution in [1.82, 2.24) is 9.71 Å². The van der Waals surface area contributed by atoms with Crippen LogP contribution in [-0.4, -0.2) is 14.9 Å². The SMILES string of the molecule is On1ccncc1=S. The van der Waals surface area contributed by atoms with Crippen LogP contribution in [-0.2, 0) is 0 Å². The van der Waals surface area contributed by atoms with Crippen molar-refractivity contribution in [2.45, 2.75) is 0 Å². The van der Waals surface area contributed by atoms with Crippen LogP contribution in [0.1, 0.15) is 0 Å². The van der Waals surface area contributed by atoms with Gasteiger partial charge in [-0.05, 0) is 0 Å². The van der Waals surface area contributed by atoms with Crippen molar-refractivity contribution in [2.24, 2.45) is 0 Å². The fourth-order valence-corrected chi connectivity index (χ4v) is 0.463. The predicted octanol–water partition coefficient (Wildman–Crippen LogP) is 0.850. The van der Waals surface area contributed by atoms with Crippen molar-refractivity contribution >= 4 is 12.2 Å². The summed E-state index contributed by atoms with van der Waals surface area (Å²) in [6.07, 6.45) is 4.23. The maximum Gasteiger partial charge on any atom is 0.160 e. The Hall–Kier alpha value is -0.900. The first-order chi connectivity index (χ1) is 3.80. The Morgan fingerprint density at radius 1 is 1.75 bits per heavy atom. The lowest BCUT2D eigenvalue weighted by Gasteiger charge is -1.90. The van der Waals surface area contributed by atoms with E-state index in [2.05, 4.69) is 17.2 Å². The summed E-state index contributed by atoms with van der Waals surface area (Å²) in [5.74, 6) is 0. The molecular weight excluding hydrogens is 124 g/mol. The average Bonchev–Trinajstić information content (AvgIpc) is 1.77. The van der Waals surface area contributed by atoms with Gasteiger partial charge in [0, 0.05) is 6.20 Å². The standard InChI is InChI=1S/C4H4N2OS/c7-6-2-1-5-3-4(6)8/h1-3,7H. The van der Waals surface area contributed by atoms with Gasteiger partial charge in [0.2, 0.25) is 0 Å². The lowest BCUT2D eigenvalue weighted by atomic mass is 10.8. The minimum Gasteiger partial charge on any atom is -0.428 e. The number of hydrogen-bond donors (Lipinski definition) is 1. The summed E-state index contributed by atoms with van der Waals surface area (Å²) in [6.45, 7) is 0. The molecule has 0 bridgehead atoms. The number of hydrogen-bond acceptors (Lipinski definition) is 3. The zero-order valence-corrected chi connectivity index (χ0v) is 4.80. The molecule has 4 heteroatoms. The van der Waals surface area contributed by atoms with Crippen LogP contribution in [0.3, 0.4) is 0 Å². The molecule has 0 fully saturated rings. The van der Waals surface area contributed by atoms with Gasteiger partial charge >= 0.3 is 0 Å². The fourth-order valence-electron chi connectivity index (χ4n) is 0.341. The van der Waals surface area contributed by atoms with Gasteiger partial charge in [-0.1, -0.05) is 12.2 Å². The molecule has 1 heterocycles. The molecule has 0 spiro atoms.